The molecule has 4 nitrogen and oxygen atoms in total. The fourth-order valence-corrected chi connectivity index (χ4v) is 4.59. The highest BCUT2D eigenvalue weighted by Crippen LogP contribution is 2.49. The Hall–Kier alpha value is -1.69. The van der Waals surface area contributed by atoms with Crippen LogP contribution in [0.15, 0.2) is 52.3 Å². The summed E-state index contributed by atoms with van der Waals surface area (Å²) in [5.74, 6) is 0.0124. The lowest BCUT2D eigenvalue weighted by atomic mass is 10.1. The molecular formula is C23H32ClN3OS. The van der Waals surface area contributed by atoms with Gasteiger partial charge < -0.3 is 15.1 Å². The van der Waals surface area contributed by atoms with Crippen LogP contribution in [0, 0.1) is 0 Å². The van der Waals surface area contributed by atoms with Crippen molar-refractivity contribution in [3.63, 3.8) is 0 Å². The monoisotopic (exact) mass is 433 g/mol. The van der Waals surface area contributed by atoms with Crippen molar-refractivity contribution in [2.24, 2.45) is 0 Å². The van der Waals surface area contributed by atoms with E-state index in [4.69, 9.17) is 0 Å². The molecule has 1 heterocycles. The first kappa shape index (κ1) is 23.6. The minimum atomic E-state index is 0. The number of unbranched alkanes of at least 4 members (excludes halogenated alkanes) is 1. The predicted octanol–water partition coefficient (Wildman–Crippen LogP) is 5.58. The molecule has 1 aliphatic heterocycles. The van der Waals surface area contributed by atoms with Crippen LogP contribution in [0.3, 0.4) is 0 Å². The number of para-hydroxylation sites is 1. The average Bonchev–Trinajstić information content (AvgIpc) is 2.71. The Balaban J connectivity index is 0.00000300. The lowest BCUT2D eigenvalue weighted by Crippen LogP contribution is -2.39. The van der Waals surface area contributed by atoms with Crippen LogP contribution in [0.5, 0.6) is 0 Å². The molecule has 0 spiro atoms. The molecule has 1 aliphatic rings. The minimum Gasteiger partial charge on any atom is -0.352 e. The number of fused-ring (bicyclic) bond motifs is 2. The third kappa shape index (κ3) is 5.47. The number of amides is 1. The van der Waals surface area contributed by atoms with Gasteiger partial charge in [0.1, 0.15) is 0 Å². The maximum atomic E-state index is 12.6. The van der Waals surface area contributed by atoms with E-state index in [9.17, 15) is 4.79 Å². The summed E-state index contributed by atoms with van der Waals surface area (Å²) in [6.45, 7) is 9.27. The summed E-state index contributed by atoms with van der Waals surface area (Å²) >= 11 is 1.78. The number of hydrogen-bond donors (Lipinski definition) is 1. The zero-order valence-electron chi connectivity index (χ0n) is 17.8. The first-order valence-electron chi connectivity index (χ1n) is 10.2. The van der Waals surface area contributed by atoms with Crippen molar-refractivity contribution in [1.29, 1.82) is 0 Å². The first-order valence-corrected chi connectivity index (χ1v) is 11.0. The summed E-state index contributed by atoms with van der Waals surface area (Å²) in [5, 5.41) is 3.04. The van der Waals surface area contributed by atoms with Gasteiger partial charge in [-0.25, -0.2) is 0 Å². The van der Waals surface area contributed by atoms with Gasteiger partial charge in [0, 0.05) is 34.5 Å². The summed E-state index contributed by atoms with van der Waals surface area (Å²) < 4.78 is 0. The number of rotatable bonds is 8. The molecule has 1 amide bonds. The van der Waals surface area contributed by atoms with E-state index in [0.717, 1.165) is 43.7 Å². The molecule has 0 aromatic heterocycles. The lowest BCUT2D eigenvalue weighted by Gasteiger charge is -2.38. The summed E-state index contributed by atoms with van der Waals surface area (Å²) in [4.78, 5) is 19.8. The Labute approximate surface area is 185 Å². The van der Waals surface area contributed by atoms with Crippen LogP contribution < -0.4 is 10.2 Å². The SMILES string of the molecule is CCCCNC(=O)c1ccc2c(c1)N(C(C)CN(C)CC)c1ccccc1S2.Cl. The second kappa shape index (κ2) is 10.9. The maximum Gasteiger partial charge on any atom is 0.251 e. The van der Waals surface area contributed by atoms with Crippen molar-refractivity contribution in [2.75, 3.05) is 31.6 Å². The van der Waals surface area contributed by atoms with Gasteiger partial charge in [0.15, 0.2) is 0 Å². The number of benzene rings is 2. The number of carbonyl (C=O) groups is 1. The molecule has 158 valence electrons. The molecule has 0 saturated carbocycles. The second-order valence-electron chi connectivity index (χ2n) is 7.44. The Morgan fingerprint density at radius 2 is 1.86 bits per heavy atom. The molecule has 0 saturated heterocycles. The quantitative estimate of drug-likeness (QED) is 0.551. The Bertz CT molecular complexity index is 830. The third-order valence-electron chi connectivity index (χ3n) is 5.20. The Kier molecular flexibility index (Phi) is 8.87. The van der Waals surface area contributed by atoms with Crippen molar-refractivity contribution in [3.8, 4) is 0 Å². The number of carbonyl (C=O) groups excluding carboxylic acids is 1. The van der Waals surface area contributed by atoms with Gasteiger partial charge in [-0.3, -0.25) is 4.79 Å². The number of halogens is 1. The Morgan fingerprint density at radius 3 is 2.59 bits per heavy atom. The lowest BCUT2D eigenvalue weighted by molar-refractivity contribution is 0.0953. The summed E-state index contributed by atoms with van der Waals surface area (Å²) in [7, 11) is 2.15. The molecule has 0 bridgehead atoms. The van der Waals surface area contributed by atoms with E-state index >= 15 is 0 Å². The van der Waals surface area contributed by atoms with Crippen LogP contribution in [-0.2, 0) is 0 Å². The van der Waals surface area contributed by atoms with Crippen LogP contribution >= 0.6 is 24.2 Å². The normalized spacial score (nSPS) is 13.3. The van der Waals surface area contributed by atoms with Crippen LogP contribution in [0.25, 0.3) is 0 Å². The van der Waals surface area contributed by atoms with Gasteiger partial charge in [0.05, 0.1) is 11.4 Å². The number of likely N-dealkylation sites (N-methyl/N-ethyl adjacent to an activating group) is 1. The van der Waals surface area contributed by atoms with Gasteiger partial charge in [0.2, 0.25) is 0 Å². The zero-order chi connectivity index (χ0) is 20.1. The van der Waals surface area contributed by atoms with Gasteiger partial charge in [-0.2, -0.15) is 0 Å². The predicted molar refractivity (Wildman–Crippen MR) is 126 cm³/mol. The highest BCUT2D eigenvalue weighted by Gasteiger charge is 2.28. The maximum absolute atomic E-state index is 12.6. The molecule has 29 heavy (non-hydrogen) atoms. The second-order valence-corrected chi connectivity index (χ2v) is 8.52. The van der Waals surface area contributed by atoms with E-state index in [1.807, 2.05) is 6.07 Å². The van der Waals surface area contributed by atoms with Crippen molar-refractivity contribution in [3.05, 3.63) is 48.0 Å². The minimum absolute atomic E-state index is 0. The number of hydrogen-bond acceptors (Lipinski definition) is 4. The van der Waals surface area contributed by atoms with Gasteiger partial charge in [-0.1, -0.05) is 44.2 Å². The van der Waals surface area contributed by atoms with Crippen LogP contribution in [0.2, 0.25) is 0 Å². The third-order valence-corrected chi connectivity index (χ3v) is 6.33. The van der Waals surface area contributed by atoms with E-state index in [2.05, 4.69) is 79.3 Å². The molecule has 3 rings (SSSR count). The molecule has 0 aliphatic carbocycles. The molecule has 1 atom stereocenters. The van der Waals surface area contributed by atoms with E-state index in [0.29, 0.717) is 6.04 Å². The number of nitrogens with one attached hydrogen (secondary N) is 1. The molecule has 1 N–H and O–H groups in total. The molecule has 0 radical (unpaired) electrons. The molecule has 1 unspecified atom stereocenters. The smallest absolute Gasteiger partial charge is 0.251 e. The molecule has 0 fully saturated rings. The summed E-state index contributed by atoms with van der Waals surface area (Å²) in [6.07, 6.45) is 2.08. The van der Waals surface area contributed by atoms with Crippen molar-refractivity contribution >= 4 is 41.5 Å². The van der Waals surface area contributed by atoms with Crippen molar-refractivity contribution < 1.29 is 4.79 Å². The van der Waals surface area contributed by atoms with Crippen molar-refractivity contribution in [2.45, 2.75) is 49.4 Å². The van der Waals surface area contributed by atoms with Gasteiger partial charge in [-0.05, 0) is 57.3 Å². The topological polar surface area (TPSA) is 35.6 Å². The summed E-state index contributed by atoms with van der Waals surface area (Å²) in [5.41, 5.74) is 3.08. The largest absolute Gasteiger partial charge is 0.352 e. The van der Waals surface area contributed by atoms with Crippen LogP contribution in [0.1, 0.15) is 44.0 Å². The van der Waals surface area contributed by atoms with E-state index < -0.39 is 0 Å². The average molecular weight is 434 g/mol. The Morgan fingerprint density at radius 1 is 1.14 bits per heavy atom. The highest BCUT2D eigenvalue weighted by molar-refractivity contribution is 7.99. The number of nitrogens with zero attached hydrogens (tertiary/aromatic N) is 2. The van der Waals surface area contributed by atoms with Gasteiger partial charge in [0.25, 0.3) is 5.91 Å². The van der Waals surface area contributed by atoms with E-state index in [-0.39, 0.29) is 18.3 Å². The van der Waals surface area contributed by atoms with E-state index in [1.165, 1.54) is 15.5 Å². The van der Waals surface area contributed by atoms with Crippen molar-refractivity contribution in [1.82, 2.24) is 10.2 Å². The standard InChI is InChI=1S/C23H31N3OS.ClH/c1-5-7-14-24-23(27)18-12-13-22-20(15-18)26(17(3)16-25(4)6-2)19-10-8-9-11-21(19)28-22;/h8-13,15,17H,5-7,14,16H2,1-4H3,(H,24,27);1H. The zero-order valence-corrected chi connectivity index (χ0v) is 19.4. The molecule has 2 aromatic carbocycles. The van der Waals surface area contributed by atoms with E-state index in [1.54, 1.807) is 11.8 Å². The molecular weight excluding hydrogens is 402 g/mol. The fraction of sp³-hybridized carbons (Fsp3) is 0.435. The van der Waals surface area contributed by atoms with Gasteiger partial charge >= 0.3 is 0 Å². The molecule has 6 heteroatoms. The fourth-order valence-electron chi connectivity index (χ4n) is 3.54. The highest BCUT2D eigenvalue weighted by atomic mass is 35.5. The molecule has 2 aromatic rings. The first-order chi connectivity index (χ1) is 13.5. The summed E-state index contributed by atoms with van der Waals surface area (Å²) in [6, 6.07) is 14.9. The van der Waals surface area contributed by atoms with Gasteiger partial charge in [-0.15, -0.1) is 12.4 Å². The van der Waals surface area contributed by atoms with Crippen LogP contribution in [0.4, 0.5) is 11.4 Å². The number of anilines is 2. The van der Waals surface area contributed by atoms with Crippen LogP contribution in [-0.4, -0.2) is 43.5 Å².